The summed E-state index contributed by atoms with van der Waals surface area (Å²) in [5.41, 5.74) is 2.16. The third-order valence-corrected chi connectivity index (χ3v) is 5.39. The summed E-state index contributed by atoms with van der Waals surface area (Å²) in [6.45, 7) is 7.43. The Labute approximate surface area is 186 Å². The second-order valence-electron chi connectivity index (χ2n) is 7.84. The van der Waals surface area contributed by atoms with Crippen LogP contribution in [0.3, 0.4) is 0 Å². The standard InChI is InChI=1S/C23H29F3N4O2/c1-3-29-12-14-30(15-13-29)20-10-8-19(9-11-20)27-22(31)17-28(2)16-18-6-4-5-7-21(18)32-23(24,25)26/h4-11H,3,12-17H2,1-2H3,(H,27,31). The summed E-state index contributed by atoms with van der Waals surface area (Å²) in [5.74, 6) is -0.506. The maximum atomic E-state index is 12.6. The van der Waals surface area contributed by atoms with Gasteiger partial charge in [-0.3, -0.25) is 9.69 Å². The summed E-state index contributed by atoms with van der Waals surface area (Å²) in [6, 6.07) is 13.6. The predicted octanol–water partition coefficient (Wildman–Crippen LogP) is 3.80. The quantitative estimate of drug-likeness (QED) is 0.663. The molecule has 1 N–H and O–H groups in total. The third-order valence-electron chi connectivity index (χ3n) is 5.39. The van der Waals surface area contributed by atoms with Crippen molar-refractivity contribution >= 4 is 17.3 Å². The van der Waals surface area contributed by atoms with E-state index < -0.39 is 6.36 Å². The molecule has 3 rings (SSSR count). The van der Waals surface area contributed by atoms with E-state index in [2.05, 4.69) is 26.8 Å². The lowest BCUT2D eigenvalue weighted by Gasteiger charge is -2.35. The van der Waals surface area contributed by atoms with E-state index in [0.717, 1.165) is 38.4 Å². The molecule has 0 radical (unpaired) electrons. The molecule has 32 heavy (non-hydrogen) atoms. The molecule has 0 aliphatic carbocycles. The number of carbonyl (C=O) groups excluding carboxylic acids is 1. The van der Waals surface area contributed by atoms with Gasteiger partial charge >= 0.3 is 6.36 Å². The molecule has 9 heteroatoms. The summed E-state index contributed by atoms with van der Waals surface area (Å²) in [7, 11) is 1.67. The molecule has 2 aromatic carbocycles. The van der Waals surface area contributed by atoms with Crippen molar-refractivity contribution in [2.75, 3.05) is 56.5 Å². The Morgan fingerprint density at radius 2 is 1.72 bits per heavy atom. The van der Waals surface area contributed by atoms with Crippen LogP contribution in [0.25, 0.3) is 0 Å². The van der Waals surface area contributed by atoms with Gasteiger partial charge in [0.1, 0.15) is 5.75 Å². The highest BCUT2D eigenvalue weighted by Crippen LogP contribution is 2.27. The number of carbonyl (C=O) groups is 1. The van der Waals surface area contributed by atoms with E-state index in [9.17, 15) is 18.0 Å². The lowest BCUT2D eigenvalue weighted by molar-refractivity contribution is -0.275. The summed E-state index contributed by atoms with van der Waals surface area (Å²) in [5, 5.41) is 2.84. The SMILES string of the molecule is CCN1CCN(c2ccc(NC(=O)CN(C)Cc3ccccc3OC(F)(F)F)cc2)CC1. The molecule has 1 fully saturated rings. The number of nitrogens with zero attached hydrogens (tertiary/aromatic N) is 3. The van der Waals surface area contributed by atoms with Crippen LogP contribution in [0.2, 0.25) is 0 Å². The van der Waals surface area contributed by atoms with Crippen LogP contribution in [0.1, 0.15) is 12.5 Å². The topological polar surface area (TPSA) is 48.0 Å². The molecule has 0 atom stereocenters. The first-order valence-electron chi connectivity index (χ1n) is 10.6. The minimum absolute atomic E-state index is 0.0289. The Bertz CT molecular complexity index is 882. The van der Waals surface area contributed by atoms with Gasteiger partial charge in [0, 0.05) is 49.7 Å². The van der Waals surface area contributed by atoms with Crippen molar-refractivity contribution in [1.29, 1.82) is 0 Å². The average Bonchev–Trinajstić information content (AvgIpc) is 2.74. The van der Waals surface area contributed by atoms with E-state index in [4.69, 9.17) is 0 Å². The van der Waals surface area contributed by atoms with Gasteiger partial charge < -0.3 is 19.9 Å². The molecule has 0 unspecified atom stereocenters. The van der Waals surface area contributed by atoms with E-state index in [1.807, 2.05) is 24.3 Å². The number of alkyl halides is 3. The zero-order chi connectivity index (χ0) is 23.1. The lowest BCUT2D eigenvalue weighted by atomic mass is 10.2. The van der Waals surface area contributed by atoms with E-state index >= 15 is 0 Å². The molecule has 1 amide bonds. The number of ether oxygens (including phenoxy) is 1. The summed E-state index contributed by atoms with van der Waals surface area (Å²) in [4.78, 5) is 18.8. The largest absolute Gasteiger partial charge is 0.573 e. The van der Waals surface area contributed by atoms with Gasteiger partial charge in [-0.25, -0.2) is 0 Å². The molecule has 1 heterocycles. The Morgan fingerprint density at radius 3 is 2.34 bits per heavy atom. The highest BCUT2D eigenvalue weighted by molar-refractivity contribution is 5.92. The van der Waals surface area contributed by atoms with Crippen molar-refractivity contribution in [3.8, 4) is 5.75 Å². The fourth-order valence-electron chi connectivity index (χ4n) is 3.73. The smallest absolute Gasteiger partial charge is 0.405 e. The second kappa shape index (κ2) is 10.7. The molecule has 6 nitrogen and oxygen atoms in total. The van der Waals surface area contributed by atoms with Crippen LogP contribution in [0.15, 0.2) is 48.5 Å². The van der Waals surface area contributed by atoms with Gasteiger partial charge in [0.2, 0.25) is 5.91 Å². The van der Waals surface area contributed by atoms with Crippen molar-refractivity contribution in [1.82, 2.24) is 9.80 Å². The first-order chi connectivity index (χ1) is 15.2. The van der Waals surface area contributed by atoms with E-state index in [-0.39, 0.29) is 24.7 Å². The highest BCUT2D eigenvalue weighted by Gasteiger charge is 2.32. The van der Waals surface area contributed by atoms with Crippen molar-refractivity contribution in [2.24, 2.45) is 0 Å². The van der Waals surface area contributed by atoms with Gasteiger partial charge in [0.05, 0.1) is 6.54 Å². The molecular weight excluding hydrogens is 421 g/mol. The van der Waals surface area contributed by atoms with Crippen LogP contribution in [0, 0.1) is 0 Å². The molecule has 0 spiro atoms. The molecule has 1 aliphatic heterocycles. The van der Waals surface area contributed by atoms with Crippen LogP contribution in [0.5, 0.6) is 5.75 Å². The second-order valence-corrected chi connectivity index (χ2v) is 7.84. The van der Waals surface area contributed by atoms with Crippen molar-refractivity contribution in [3.63, 3.8) is 0 Å². The highest BCUT2D eigenvalue weighted by atomic mass is 19.4. The first kappa shape index (κ1) is 23.9. The number of benzene rings is 2. The Morgan fingerprint density at radius 1 is 1.06 bits per heavy atom. The van der Waals surface area contributed by atoms with Crippen LogP contribution in [-0.2, 0) is 11.3 Å². The van der Waals surface area contributed by atoms with Crippen molar-refractivity contribution < 1.29 is 22.7 Å². The fraction of sp³-hybridized carbons (Fsp3) is 0.435. The number of halogens is 3. The number of rotatable bonds is 8. The minimum atomic E-state index is -4.76. The third kappa shape index (κ3) is 7.13. The zero-order valence-electron chi connectivity index (χ0n) is 18.4. The van der Waals surface area contributed by atoms with E-state index in [0.29, 0.717) is 11.3 Å². The van der Waals surface area contributed by atoms with Gasteiger partial charge in [-0.1, -0.05) is 25.1 Å². The summed E-state index contributed by atoms with van der Waals surface area (Å²) < 4.78 is 41.8. The zero-order valence-corrected chi connectivity index (χ0v) is 18.4. The van der Waals surface area contributed by atoms with Crippen LogP contribution in [-0.4, -0.2) is 68.4 Å². The molecule has 174 valence electrons. The Kier molecular flexibility index (Phi) is 7.98. The molecule has 2 aromatic rings. The summed E-state index contributed by atoms with van der Waals surface area (Å²) >= 11 is 0. The molecular formula is C23H29F3N4O2. The fourth-order valence-corrected chi connectivity index (χ4v) is 3.73. The Balaban J connectivity index is 1.50. The average molecular weight is 451 g/mol. The molecule has 0 bridgehead atoms. The monoisotopic (exact) mass is 450 g/mol. The van der Waals surface area contributed by atoms with Crippen molar-refractivity contribution in [2.45, 2.75) is 19.8 Å². The van der Waals surface area contributed by atoms with Gasteiger partial charge in [-0.05, 0) is 43.9 Å². The number of amides is 1. The van der Waals surface area contributed by atoms with Crippen LogP contribution >= 0.6 is 0 Å². The van der Waals surface area contributed by atoms with Crippen molar-refractivity contribution in [3.05, 3.63) is 54.1 Å². The van der Waals surface area contributed by atoms with Gasteiger partial charge in [0.15, 0.2) is 0 Å². The number of nitrogens with one attached hydrogen (secondary N) is 1. The van der Waals surface area contributed by atoms with Gasteiger partial charge in [0.25, 0.3) is 0 Å². The maximum absolute atomic E-state index is 12.6. The molecule has 1 aliphatic rings. The molecule has 1 saturated heterocycles. The number of anilines is 2. The van der Waals surface area contributed by atoms with Crippen LogP contribution in [0.4, 0.5) is 24.5 Å². The van der Waals surface area contributed by atoms with E-state index in [1.165, 1.54) is 12.1 Å². The van der Waals surface area contributed by atoms with Crippen LogP contribution < -0.4 is 15.0 Å². The first-order valence-corrected chi connectivity index (χ1v) is 10.6. The van der Waals surface area contributed by atoms with Gasteiger partial charge in [-0.15, -0.1) is 13.2 Å². The summed E-state index contributed by atoms with van der Waals surface area (Å²) in [6.07, 6.45) is -4.76. The minimum Gasteiger partial charge on any atom is -0.405 e. The molecule has 0 saturated carbocycles. The number of likely N-dealkylation sites (N-methyl/N-ethyl adjacent to an activating group) is 2. The van der Waals surface area contributed by atoms with E-state index in [1.54, 1.807) is 24.1 Å². The Hall–Kier alpha value is -2.78. The lowest BCUT2D eigenvalue weighted by Crippen LogP contribution is -2.46. The molecule has 0 aromatic heterocycles. The number of piperazine rings is 1. The number of para-hydroxylation sites is 1. The maximum Gasteiger partial charge on any atom is 0.573 e. The van der Waals surface area contributed by atoms with Gasteiger partial charge in [-0.2, -0.15) is 0 Å². The number of hydrogen-bond acceptors (Lipinski definition) is 5. The normalized spacial score (nSPS) is 15.1. The number of hydrogen-bond donors (Lipinski definition) is 1. The predicted molar refractivity (Wildman–Crippen MR) is 119 cm³/mol.